The number of carbonyl (C=O) groups is 1. The van der Waals surface area contributed by atoms with E-state index < -0.39 is 17.6 Å². The highest BCUT2D eigenvalue weighted by Crippen LogP contribution is 2.20. The van der Waals surface area contributed by atoms with Crippen LogP contribution in [0.2, 0.25) is 0 Å². The van der Waals surface area contributed by atoms with Crippen LogP contribution in [0.5, 0.6) is 11.6 Å². The molecule has 1 N–H and O–H groups in total. The number of nitrogens with zero attached hydrogens (tertiary/aromatic N) is 2. The maximum absolute atomic E-state index is 12.9. The quantitative estimate of drug-likeness (QED) is 0.906. The van der Waals surface area contributed by atoms with Crippen LogP contribution in [0.3, 0.4) is 0 Å². The number of hydrogen-bond acceptors (Lipinski definition) is 4. The van der Waals surface area contributed by atoms with Crippen molar-refractivity contribution in [2.45, 2.75) is 0 Å². The third-order valence-corrected chi connectivity index (χ3v) is 1.91. The Bertz CT molecular complexity index is 567. The largest absolute Gasteiger partial charge is 0.476 e. The molecule has 0 amide bonds. The third kappa shape index (κ3) is 2.76. The minimum atomic E-state index is -1.23. The number of ether oxygens (including phenoxy) is 1. The molecule has 1 aromatic carbocycles. The van der Waals surface area contributed by atoms with Gasteiger partial charge in [-0.25, -0.2) is 23.5 Å². The monoisotopic (exact) mass is 252 g/mol. The van der Waals surface area contributed by atoms with E-state index in [1.165, 1.54) is 0 Å². The molecule has 0 aliphatic rings. The Balaban J connectivity index is 2.20. The molecule has 5 nitrogen and oxygen atoms in total. The second-order valence-corrected chi connectivity index (χ2v) is 3.25. The van der Waals surface area contributed by atoms with Crippen LogP contribution in [-0.4, -0.2) is 21.0 Å². The van der Waals surface area contributed by atoms with Gasteiger partial charge in [-0.2, -0.15) is 0 Å². The Morgan fingerprint density at radius 1 is 1.11 bits per heavy atom. The minimum Gasteiger partial charge on any atom is -0.476 e. The van der Waals surface area contributed by atoms with E-state index in [-0.39, 0.29) is 17.3 Å². The predicted molar refractivity (Wildman–Crippen MR) is 55.4 cm³/mol. The van der Waals surface area contributed by atoms with Gasteiger partial charge in [0, 0.05) is 18.2 Å². The van der Waals surface area contributed by atoms with E-state index >= 15 is 0 Å². The third-order valence-electron chi connectivity index (χ3n) is 1.91. The van der Waals surface area contributed by atoms with Crippen molar-refractivity contribution in [1.29, 1.82) is 0 Å². The summed E-state index contributed by atoms with van der Waals surface area (Å²) >= 11 is 0. The number of hydrogen-bond donors (Lipinski definition) is 1. The minimum absolute atomic E-state index is 0.0648. The van der Waals surface area contributed by atoms with Gasteiger partial charge < -0.3 is 9.84 Å². The van der Waals surface area contributed by atoms with Crippen LogP contribution in [0.4, 0.5) is 8.78 Å². The summed E-state index contributed by atoms with van der Waals surface area (Å²) in [4.78, 5) is 17.7. The van der Waals surface area contributed by atoms with Gasteiger partial charge in [-0.1, -0.05) is 0 Å². The standard InChI is InChI=1S/C11H6F2N2O3/c12-6-1-7(13)3-8(2-6)18-10-5-14-9(4-15-10)11(16)17/h1-5H,(H,16,17). The van der Waals surface area contributed by atoms with Crippen molar-refractivity contribution in [3.8, 4) is 11.6 Å². The number of carboxylic acid groups (broad SMARTS) is 1. The first-order chi connectivity index (χ1) is 8.54. The van der Waals surface area contributed by atoms with E-state index in [0.717, 1.165) is 24.5 Å². The molecule has 0 bridgehead atoms. The Hall–Kier alpha value is -2.57. The van der Waals surface area contributed by atoms with Crippen molar-refractivity contribution in [2.75, 3.05) is 0 Å². The molecule has 0 saturated carbocycles. The van der Waals surface area contributed by atoms with Gasteiger partial charge in [0.15, 0.2) is 5.69 Å². The van der Waals surface area contributed by atoms with Gasteiger partial charge in [0.25, 0.3) is 0 Å². The molecule has 1 aromatic heterocycles. The van der Waals surface area contributed by atoms with Crippen LogP contribution in [0.1, 0.15) is 10.5 Å². The van der Waals surface area contributed by atoms with Gasteiger partial charge in [-0.3, -0.25) is 0 Å². The lowest BCUT2D eigenvalue weighted by Crippen LogP contribution is -2.01. The highest BCUT2D eigenvalue weighted by Gasteiger charge is 2.07. The van der Waals surface area contributed by atoms with Crippen LogP contribution in [0, 0.1) is 11.6 Å². The van der Waals surface area contributed by atoms with Gasteiger partial charge in [0.1, 0.15) is 17.4 Å². The molecule has 0 spiro atoms. The maximum Gasteiger partial charge on any atom is 0.356 e. The summed E-state index contributed by atoms with van der Waals surface area (Å²) in [7, 11) is 0. The van der Waals surface area contributed by atoms with Crippen molar-refractivity contribution in [3.05, 3.63) is 47.9 Å². The van der Waals surface area contributed by atoms with Crippen molar-refractivity contribution < 1.29 is 23.4 Å². The lowest BCUT2D eigenvalue weighted by molar-refractivity contribution is 0.0690. The smallest absolute Gasteiger partial charge is 0.356 e. The highest BCUT2D eigenvalue weighted by atomic mass is 19.1. The summed E-state index contributed by atoms with van der Waals surface area (Å²) in [6, 6.07) is 2.64. The second-order valence-electron chi connectivity index (χ2n) is 3.25. The summed E-state index contributed by atoms with van der Waals surface area (Å²) in [5, 5.41) is 8.60. The van der Waals surface area contributed by atoms with Gasteiger partial charge in [0.2, 0.25) is 5.88 Å². The van der Waals surface area contributed by atoms with Crippen LogP contribution in [0.25, 0.3) is 0 Å². The number of carboxylic acids is 1. The normalized spacial score (nSPS) is 10.1. The molecule has 0 aliphatic carbocycles. The van der Waals surface area contributed by atoms with E-state index in [2.05, 4.69) is 9.97 Å². The lowest BCUT2D eigenvalue weighted by Gasteiger charge is -2.04. The maximum atomic E-state index is 12.9. The van der Waals surface area contributed by atoms with Crippen LogP contribution < -0.4 is 4.74 Å². The number of aromatic carboxylic acids is 1. The Labute approximate surface area is 99.7 Å². The van der Waals surface area contributed by atoms with Gasteiger partial charge in [-0.05, 0) is 0 Å². The van der Waals surface area contributed by atoms with E-state index in [1.54, 1.807) is 0 Å². The summed E-state index contributed by atoms with van der Waals surface area (Å²) in [5.41, 5.74) is -0.257. The predicted octanol–water partition coefficient (Wildman–Crippen LogP) is 2.25. The molecule has 2 rings (SSSR count). The number of benzene rings is 1. The van der Waals surface area contributed by atoms with Gasteiger partial charge in [0.05, 0.1) is 12.4 Å². The molecular formula is C11H6F2N2O3. The van der Waals surface area contributed by atoms with E-state index in [0.29, 0.717) is 6.07 Å². The first kappa shape index (κ1) is 11.9. The SMILES string of the molecule is O=C(O)c1cnc(Oc2cc(F)cc(F)c2)cn1. The van der Waals surface area contributed by atoms with E-state index in [9.17, 15) is 13.6 Å². The van der Waals surface area contributed by atoms with E-state index in [1.807, 2.05) is 0 Å². The molecule has 1 heterocycles. The molecule has 18 heavy (non-hydrogen) atoms. The van der Waals surface area contributed by atoms with Crippen LogP contribution >= 0.6 is 0 Å². The summed E-state index contributed by atoms with van der Waals surface area (Å²) < 4.78 is 30.8. The first-order valence-corrected chi connectivity index (χ1v) is 4.74. The average Bonchev–Trinajstić information content (AvgIpc) is 2.28. The Kier molecular flexibility index (Phi) is 3.13. The van der Waals surface area contributed by atoms with Crippen LogP contribution in [0.15, 0.2) is 30.6 Å². The van der Waals surface area contributed by atoms with Gasteiger partial charge >= 0.3 is 5.97 Å². The van der Waals surface area contributed by atoms with Crippen molar-refractivity contribution >= 4 is 5.97 Å². The second kappa shape index (κ2) is 4.74. The zero-order valence-corrected chi connectivity index (χ0v) is 8.80. The Morgan fingerprint density at radius 3 is 2.28 bits per heavy atom. The zero-order chi connectivity index (χ0) is 13.1. The fourth-order valence-electron chi connectivity index (χ4n) is 1.19. The zero-order valence-electron chi connectivity index (χ0n) is 8.80. The number of rotatable bonds is 3. The fraction of sp³-hybridized carbons (Fsp3) is 0. The van der Waals surface area contributed by atoms with Crippen molar-refractivity contribution in [2.24, 2.45) is 0 Å². The van der Waals surface area contributed by atoms with Crippen LogP contribution in [-0.2, 0) is 0 Å². The number of aromatic nitrogens is 2. The molecule has 0 saturated heterocycles. The molecule has 0 unspecified atom stereocenters. The molecule has 7 heteroatoms. The highest BCUT2D eigenvalue weighted by molar-refractivity contribution is 5.84. The molecule has 0 fully saturated rings. The summed E-state index contributed by atoms with van der Waals surface area (Å²) in [5.74, 6) is -2.97. The molecule has 92 valence electrons. The molecule has 0 radical (unpaired) electrons. The Morgan fingerprint density at radius 2 is 1.78 bits per heavy atom. The lowest BCUT2D eigenvalue weighted by atomic mass is 10.3. The molecule has 0 atom stereocenters. The fourth-order valence-corrected chi connectivity index (χ4v) is 1.19. The van der Waals surface area contributed by atoms with E-state index in [4.69, 9.17) is 9.84 Å². The number of halogens is 2. The average molecular weight is 252 g/mol. The molecule has 0 aliphatic heterocycles. The van der Waals surface area contributed by atoms with Gasteiger partial charge in [-0.15, -0.1) is 0 Å². The summed E-state index contributed by atoms with van der Waals surface area (Å²) in [6.45, 7) is 0. The molecular weight excluding hydrogens is 246 g/mol. The topological polar surface area (TPSA) is 72.3 Å². The molecule has 2 aromatic rings. The van der Waals surface area contributed by atoms with Crippen molar-refractivity contribution in [1.82, 2.24) is 9.97 Å². The first-order valence-electron chi connectivity index (χ1n) is 4.74. The summed E-state index contributed by atoms with van der Waals surface area (Å²) in [6.07, 6.45) is 2.03. The van der Waals surface area contributed by atoms with Crippen molar-refractivity contribution in [3.63, 3.8) is 0 Å².